The molecule has 1 aromatic heterocycles. The second-order valence-electron chi connectivity index (χ2n) is 4.14. The van der Waals surface area contributed by atoms with Gasteiger partial charge in [-0.3, -0.25) is 4.79 Å². The summed E-state index contributed by atoms with van der Waals surface area (Å²) < 4.78 is 15.0. The molecule has 0 radical (unpaired) electrons. The predicted octanol–water partition coefficient (Wildman–Crippen LogP) is 2.41. The van der Waals surface area contributed by atoms with Crippen molar-refractivity contribution in [2.75, 3.05) is 11.9 Å². The minimum Gasteiger partial charge on any atom is -0.381 e. The Labute approximate surface area is 105 Å². The molecule has 0 spiro atoms. The van der Waals surface area contributed by atoms with Crippen molar-refractivity contribution >= 4 is 5.69 Å². The van der Waals surface area contributed by atoms with Crippen LogP contribution in [0.2, 0.25) is 0 Å². The van der Waals surface area contributed by atoms with Crippen molar-refractivity contribution in [3.63, 3.8) is 0 Å². The first kappa shape index (κ1) is 12.4. The summed E-state index contributed by atoms with van der Waals surface area (Å²) in [5, 5.41) is 2.99. The number of aromatic nitrogens is 1. The number of hydrogen-bond acceptors (Lipinski definition) is 2. The zero-order valence-electron chi connectivity index (χ0n) is 10.2. The van der Waals surface area contributed by atoms with E-state index in [1.807, 2.05) is 6.92 Å². The molecule has 1 heterocycles. The van der Waals surface area contributed by atoms with Crippen molar-refractivity contribution in [3.8, 4) is 0 Å². The topological polar surface area (TPSA) is 34.0 Å². The number of rotatable bonds is 4. The number of nitrogens with zero attached hydrogens (tertiary/aromatic N) is 1. The molecule has 0 fully saturated rings. The summed E-state index contributed by atoms with van der Waals surface area (Å²) in [6, 6.07) is 9.92. The Morgan fingerprint density at radius 1 is 1.28 bits per heavy atom. The number of anilines is 1. The number of pyridine rings is 1. The molecule has 0 saturated carbocycles. The summed E-state index contributed by atoms with van der Waals surface area (Å²) in [5.74, 6) is -0.277. The van der Waals surface area contributed by atoms with Crippen LogP contribution in [-0.4, -0.2) is 11.1 Å². The van der Waals surface area contributed by atoms with Crippen LogP contribution in [0.25, 0.3) is 0 Å². The van der Waals surface area contributed by atoms with Crippen molar-refractivity contribution in [1.29, 1.82) is 0 Å². The van der Waals surface area contributed by atoms with E-state index in [1.54, 1.807) is 35.0 Å². The smallest absolute Gasteiger partial charge is 0.250 e. The molecule has 1 N–H and O–H groups in total. The van der Waals surface area contributed by atoms with Gasteiger partial charge in [0.25, 0.3) is 5.56 Å². The molecule has 0 saturated heterocycles. The number of halogens is 1. The van der Waals surface area contributed by atoms with Crippen LogP contribution in [-0.2, 0) is 6.54 Å². The molecule has 1 aromatic carbocycles. The maximum Gasteiger partial charge on any atom is 0.250 e. The van der Waals surface area contributed by atoms with Gasteiger partial charge in [-0.05, 0) is 30.7 Å². The predicted molar refractivity (Wildman–Crippen MR) is 70.3 cm³/mol. The van der Waals surface area contributed by atoms with Crippen LogP contribution in [0.3, 0.4) is 0 Å². The molecule has 94 valence electrons. The van der Waals surface area contributed by atoms with Gasteiger partial charge in [0.1, 0.15) is 5.82 Å². The van der Waals surface area contributed by atoms with E-state index in [1.165, 1.54) is 12.1 Å². The van der Waals surface area contributed by atoms with Gasteiger partial charge in [0.2, 0.25) is 0 Å². The highest BCUT2D eigenvalue weighted by atomic mass is 19.1. The first-order valence-electron chi connectivity index (χ1n) is 5.82. The molecule has 4 heteroatoms. The first-order chi connectivity index (χ1) is 8.66. The second-order valence-corrected chi connectivity index (χ2v) is 4.14. The highest BCUT2D eigenvalue weighted by molar-refractivity contribution is 5.46. The monoisotopic (exact) mass is 246 g/mol. The Morgan fingerprint density at radius 3 is 2.89 bits per heavy atom. The quantitative estimate of drug-likeness (QED) is 0.898. The highest BCUT2D eigenvalue weighted by Crippen LogP contribution is 2.14. The number of aryl methyl sites for hydroxylation is 1. The number of nitrogens with one attached hydrogen (secondary N) is 1. The molecule has 0 aliphatic heterocycles. The van der Waals surface area contributed by atoms with Gasteiger partial charge in [0.05, 0.1) is 5.69 Å². The average molecular weight is 246 g/mol. The lowest BCUT2D eigenvalue weighted by molar-refractivity contribution is 0.626. The van der Waals surface area contributed by atoms with Crippen LogP contribution in [0.5, 0.6) is 0 Å². The molecule has 0 amide bonds. The molecular formula is C14H15FN2O. The van der Waals surface area contributed by atoms with Gasteiger partial charge in [-0.15, -0.1) is 0 Å². The zero-order chi connectivity index (χ0) is 13.0. The third-order valence-electron chi connectivity index (χ3n) is 2.69. The van der Waals surface area contributed by atoms with Gasteiger partial charge in [-0.1, -0.05) is 12.1 Å². The Bertz CT molecular complexity index is 592. The molecular weight excluding hydrogens is 231 g/mol. The van der Waals surface area contributed by atoms with Gasteiger partial charge in [0, 0.05) is 25.4 Å². The van der Waals surface area contributed by atoms with Crippen molar-refractivity contribution in [1.82, 2.24) is 4.57 Å². The van der Waals surface area contributed by atoms with E-state index in [0.717, 1.165) is 5.56 Å². The van der Waals surface area contributed by atoms with Crippen molar-refractivity contribution in [3.05, 3.63) is 64.3 Å². The number of benzene rings is 1. The van der Waals surface area contributed by atoms with Gasteiger partial charge >= 0.3 is 0 Å². The Kier molecular flexibility index (Phi) is 3.77. The lowest BCUT2D eigenvalue weighted by Crippen LogP contribution is -2.22. The summed E-state index contributed by atoms with van der Waals surface area (Å²) in [6.07, 6.45) is 1.72. The zero-order valence-corrected chi connectivity index (χ0v) is 10.2. The third kappa shape index (κ3) is 2.97. The maximum atomic E-state index is 13.4. The van der Waals surface area contributed by atoms with E-state index in [0.29, 0.717) is 18.8 Å². The summed E-state index contributed by atoms with van der Waals surface area (Å²) in [4.78, 5) is 11.4. The normalized spacial score (nSPS) is 10.3. The number of hydrogen-bond donors (Lipinski definition) is 1. The molecule has 3 nitrogen and oxygen atoms in total. The average Bonchev–Trinajstić information content (AvgIpc) is 2.36. The standard InChI is InChI=1S/C14H15FN2O/c1-11-5-6-12(15)13(10-11)16-7-9-17-8-3-2-4-14(17)18/h2-6,8,10,16H,7,9H2,1H3. The van der Waals surface area contributed by atoms with E-state index >= 15 is 0 Å². The van der Waals surface area contributed by atoms with Crippen LogP contribution >= 0.6 is 0 Å². The van der Waals surface area contributed by atoms with Crippen molar-refractivity contribution in [2.45, 2.75) is 13.5 Å². The van der Waals surface area contributed by atoms with E-state index in [-0.39, 0.29) is 11.4 Å². The minimum absolute atomic E-state index is 0.0518. The molecule has 2 aromatic rings. The third-order valence-corrected chi connectivity index (χ3v) is 2.69. The second kappa shape index (κ2) is 5.49. The summed E-state index contributed by atoms with van der Waals surface area (Å²) in [5.41, 5.74) is 1.42. The van der Waals surface area contributed by atoms with E-state index < -0.39 is 0 Å². The fourth-order valence-corrected chi connectivity index (χ4v) is 1.73. The van der Waals surface area contributed by atoms with E-state index in [2.05, 4.69) is 5.32 Å². The molecule has 2 rings (SSSR count). The van der Waals surface area contributed by atoms with Gasteiger partial charge in [0.15, 0.2) is 0 Å². The molecule has 0 aliphatic rings. The van der Waals surface area contributed by atoms with Crippen LogP contribution in [0.15, 0.2) is 47.4 Å². The summed E-state index contributed by atoms with van der Waals surface area (Å²) in [7, 11) is 0. The molecule has 0 bridgehead atoms. The highest BCUT2D eigenvalue weighted by Gasteiger charge is 2.01. The lowest BCUT2D eigenvalue weighted by atomic mass is 10.2. The van der Waals surface area contributed by atoms with Gasteiger partial charge in [-0.2, -0.15) is 0 Å². The minimum atomic E-state index is -0.277. The van der Waals surface area contributed by atoms with Crippen LogP contribution in [0, 0.1) is 12.7 Å². The fraction of sp³-hybridized carbons (Fsp3) is 0.214. The van der Waals surface area contributed by atoms with Crippen molar-refractivity contribution < 1.29 is 4.39 Å². The van der Waals surface area contributed by atoms with Crippen LogP contribution < -0.4 is 10.9 Å². The molecule has 0 unspecified atom stereocenters. The van der Waals surface area contributed by atoms with Crippen molar-refractivity contribution in [2.24, 2.45) is 0 Å². The Hall–Kier alpha value is -2.10. The van der Waals surface area contributed by atoms with Gasteiger partial charge in [-0.25, -0.2) is 4.39 Å². The first-order valence-corrected chi connectivity index (χ1v) is 5.82. The molecule has 18 heavy (non-hydrogen) atoms. The Balaban J connectivity index is 1.99. The van der Waals surface area contributed by atoms with Crippen LogP contribution in [0.1, 0.15) is 5.56 Å². The molecule has 0 atom stereocenters. The van der Waals surface area contributed by atoms with Crippen LogP contribution in [0.4, 0.5) is 10.1 Å². The summed E-state index contributed by atoms with van der Waals surface area (Å²) >= 11 is 0. The van der Waals surface area contributed by atoms with E-state index in [9.17, 15) is 9.18 Å². The largest absolute Gasteiger partial charge is 0.381 e. The SMILES string of the molecule is Cc1ccc(F)c(NCCn2ccccc2=O)c1. The Morgan fingerprint density at radius 2 is 2.11 bits per heavy atom. The maximum absolute atomic E-state index is 13.4. The van der Waals surface area contributed by atoms with E-state index in [4.69, 9.17) is 0 Å². The summed E-state index contributed by atoms with van der Waals surface area (Å²) in [6.45, 7) is 2.92. The molecule has 0 aliphatic carbocycles. The van der Waals surface area contributed by atoms with Gasteiger partial charge < -0.3 is 9.88 Å². The lowest BCUT2D eigenvalue weighted by Gasteiger charge is -2.09. The fourth-order valence-electron chi connectivity index (χ4n) is 1.73.